The molecule has 0 radical (unpaired) electrons. The molecule has 0 fully saturated rings. The molecule has 4 nitrogen and oxygen atoms in total. The van der Waals surface area contributed by atoms with E-state index >= 15 is 0 Å². The molecule has 23 heavy (non-hydrogen) atoms. The van der Waals surface area contributed by atoms with Gasteiger partial charge in [-0.3, -0.25) is 10.1 Å². The number of ketones is 1. The number of carbonyl (C=O) groups excluding carboxylic acids is 2. The van der Waals surface area contributed by atoms with E-state index in [2.05, 4.69) is 5.32 Å². The first-order valence-corrected chi connectivity index (χ1v) is 7.53. The van der Waals surface area contributed by atoms with Gasteiger partial charge in [-0.2, -0.15) is 0 Å². The van der Waals surface area contributed by atoms with Crippen molar-refractivity contribution in [1.29, 1.82) is 0 Å². The Balaban J connectivity index is 2.31. The first-order valence-electron chi connectivity index (χ1n) is 7.15. The molecule has 0 saturated heterocycles. The smallest absolute Gasteiger partial charge is 0.412 e. The Morgan fingerprint density at radius 3 is 2.30 bits per heavy atom. The molecule has 0 heterocycles. The molecule has 1 N–H and O–H groups in total. The number of rotatable bonds is 3. The first kappa shape index (κ1) is 17.0. The average molecular weight is 332 g/mol. The van der Waals surface area contributed by atoms with Crippen LogP contribution in [-0.2, 0) is 4.74 Å². The maximum atomic E-state index is 12.6. The Kier molecular flexibility index (Phi) is 5.06. The number of amides is 1. The summed E-state index contributed by atoms with van der Waals surface area (Å²) in [5.41, 5.74) is 0.564. The van der Waals surface area contributed by atoms with Gasteiger partial charge in [0, 0.05) is 16.1 Å². The summed E-state index contributed by atoms with van der Waals surface area (Å²) in [6, 6.07) is 13.5. The molecule has 0 aliphatic rings. The number of ether oxygens (including phenoxy) is 1. The van der Waals surface area contributed by atoms with Crippen LogP contribution in [-0.4, -0.2) is 17.5 Å². The van der Waals surface area contributed by atoms with Crippen LogP contribution in [0.4, 0.5) is 10.5 Å². The van der Waals surface area contributed by atoms with Crippen LogP contribution in [0.3, 0.4) is 0 Å². The van der Waals surface area contributed by atoms with E-state index in [1.807, 2.05) is 6.07 Å². The van der Waals surface area contributed by atoms with E-state index in [4.69, 9.17) is 16.3 Å². The highest BCUT2D eigenvalue weighted by molar-refractivity contribution is 6.31. The van der Waals surface area contributed by atoms with Crippen LogP contribution in [0.5, 0.6) is 0 Å². The van der Waals surface area contributed by atoms with Crippen molar-refractivity contribution in [1.82, 2.24) is 0 Å². The van der Waals surface area contributed by atoms with Gasteiger partial charge >= 0.3 is 6.09 Å². The monoisotopic (exact) mass is 331 g/mol. The lowest BCUT2D eigenvalue weighted by molar-refractivity contribution is 0.0636. The molecule has 0 spiro atoms. The molecule has 0 atom stereocenters. The highest BCUT2D eigenvalue weighted by Gasteiger charge is 2.20. The van der Waals surface area contributed by atoms with Crippen molar-refractivity contribution in [2.75, 3.05) is 5.32 Å². The van der Waals surface area contributed by atoms with Gasteiger partial charge in [0.25, 0.3) is 0 Å². The molecule has 0 aromatic heterocycles. The zero-order valence-electron chi connectivity index (χ0n) is 13.2. The van der Waals surface area contributed by atoms with E-state index in [-0.39, 0.29) is 5.78 Å². The van der Waals surface area contributed by atoms with Crippen molar-refractivity contribution in [3.8, 4) is 0 Å². The van der Waals surface area contributed by atoms with Crippen molar-refractivity contribution < 1.29 is 14.3 Å². The Bertz CT molecular complexity index is 721. The molecule has 0 bridgehead atoms. The highest BCUT2D eigenvalue weighted by Crippen LogP contribution is 2.24. The Morgan fingerprint density at radius 2 is 1.70 bits per heavy atom. The second kappa shape index (κ2) is 6.84. The quantitative estimate of drug-likeness (QED) is 0.812. The van der Waals surface area contributed by atoms with Crippen LogP contribution in [0.15, 0.2) is 48.5 Å². The molecule has 1 amide bonds. The summed E-state index contributed by atoms with van der Waals surface area (Å²) in [4.78, 5) is 24.6. The minimum absolute atomic E-state index is 0.223. The largest absolute Gasteiger partial charge is 0.444 e. The van der Waals surface area contributed by atoms with Crippen LogP contribution >= 0.6 is 11.6 Å². The van der Waals surface area contributed by atoms with Crippen LogP contribution < -0.4 is 5.32 Å². The molecule has 0 aliphatic carbocycles. The van der Waals surface area contributed by atoms with Gasteiger partial charge in [0.05, 0.1) is 5.69 Å². The van der Waals surface area contributed by atoms with E-state index < -0.39 is 11.7 Å². The highest BCUT2D eigenvalue weighted by atomic mass is 35.5. The number of nitrogens with one attached hydrogen (secondary N) is 1. The zero-order chi connectivity index (χ0) is 17.0. The SMILES string of the molecule is CC(C)(C)OC(=O)Nc1ccc(Cl)cc1C(=O)c1ccccc1. The first-order chi connectivity index (χ1) is 10.8. The van der Waals surface area contributed by atoms with Gasteiger partial charge in [0.1, 0.15) is 5.60 Å². The second-order valence-electron chi connectivity index (χ2n) is 6.01. The van der Waals surface area contributed by atoms with Gasteiger partial charge in [-0.1, -0.05) is 41.9 Å². The summed E-state index contributed by atoms with van der Waals surface area (Å²) < 4.78 is 5.22. The average Bonchev–Trinajstić information content (AvgIpc) is 2.47. The molecule has 5 heteroatoms. The predicted octanol–water partition coefficient (Wildman–Crippen LogP) is 4.92. The van der Waals surface area contributed by atoms with Gasteiger partial charge in [-0.05, 0) is 39.0 Å². The zero-order valence-corrected chi connectivity index (χ0v) is 14.0. The molecule has 2 aromatic carbocycles. The fourth-order valence-electron chi connectivity index (χ4n) is 1.97. The third kappa shape index (κ3) is 4.83. The number of anilines is 1. The fourth-order valence-corrected chi connectivity index (χ4v) is 2.14. The lowest BCUT2D eigenvalue weighted by Gasteiger charge is -2.20. The predicted molar refractivity (Wildman–Crippen MR) is 91.2 cm³/mol. The second-order valence-corrected chi connectivity index (χ2v) is 6.45. The molecular weight excluding hydrogens is 314 g/mol. The molecule has 0 saturated carbocycles. The summed E-state index contributed by atoms with van der Waals surface area (Å²) in [6.07, 6.45) is -0.623. The maximum absolute atomic E-state index is 12.6. The van der Waals surface area contributed by atoms with Gasteiger partial charge in [-0.15, -0.1) is 0 Å². The third-order valence-corrected chi connectivity index (χ3v) is 3.13. The molecule has 0 unspecified atom stereocenters. The maximum Gasteiger partial charge on any atom is 0.412 e. The summed E-state index contributed by atoms with van der Waals surface area (Å²) in [5, 5.41) is 3.02. The minimum Gasteiger partial charge on any atom is -0.444 e. The van der Waals surface area contributed by atoms with Crippen LogP contribution in [0.2, 0.25) is 5.02 Å². The number of carbonyl (C=O) groups is 2. The normalized spacial score (nSPS) is 11.0. The summed E-state index contributed by atoms with van der Waals surface area (Å²) in [6.45, 7) is 5.30. The molecular formula is C18H18ClNO3. The van der Waals surface area contributed by atoms with Crippen LogP contribution in [0, 0.1) is 0 Å². The fraction of sp³-hybridized carbons (Fsp3) is 0.222. The van der Waals surface area contributed by atoms with Gasteiger partial charge in [0.2, 0.25) is 0 Å². The van der Waals surface area contributed by atoms with Gasteiger partial charge < -0.3 is 4.74 Å². The summed E-state index contributed by atoms with van der Waals surface area (Å²) in [7, 11) is 0. The van der Waals surface area contributed by atoms with Gasteiger partial charge in [-0.25, -0.2) is 4.79 Å². The van der Waals surface area contributed by atoms with Crippen molar-refractivity contribution >= 4 is 29.2 Å². The summed E-state index contributed by atoms with van der Waals surface area (Å²) in [5.74, 6) is -0.223. The van der Waals surface area contributed by atoms with E-state index in [9.17, 15) is 9.59 Å². The topological polar surface area (TPSA) is 55.4 Å². The number of hydrogen-bond acceptors (Lipinski definition) is 3. The van der Waals surface area contributed by atoms with Crippen LogP contribution in [0.25, 0.3) is 0 Å². The van der Waals surface area contributed by atoms with Crippen molar-refractivity contribution in [3.05, 3.63) is 64.7 Å². The van der Waals surface area contributed by atoms with Crippen LogP contribution in [0.1, 0.15) is 36.7 Å². The Hall–Kier alpha value is -2.33. The van der Waals surface area contributed by atoms with Crippen molar-refractivity contribution in [3.63, 3.8) is 0 Å². The number of benzene rings is 2. The van der Waals surface area contributed by atoms with Crippen molar-refractivity contribution in [2.24, 2.45) is 0 Å². The minimum atomic E-state index is -0.625. The molecule has 2 rings (SSSR count). The van der Waals surface area contributed by atoms with E-state index in [1.165, 1.54) is 6.07 Å². The Morgan fingerprint density at radius 1 is 1.04 bits per heavy atom. The van der Waals surface area contributed by atoms with Crippen molar-refractivity contribution in [2.45, 2.75) is 26.4 Å². The molecule has 0 aliphatic heterocycles. The lowest BCUT2D eigenvalue weighted by Crippen LogP contribution is -2.27. The van der Waals surface area contributed by atoms with Gasteiger partial charge in [0.15, 0.2) is 5.78 Å². The molecule has 120 valence electrons. The van der Waals surface area contributed by atoms with E-state index in [0.717, 1.165) is 0 Å². The lowest BCUT2D eigenvalue weighted by atomic mass is 10.0. The standard InChI is InChI=1S/C18H18ClNO3/c1-18(2,3)23-17(22)20-15-10-9-13(19)11-14(15)16(21)12-7-5-4-6-8-12/h4-11H,1-3H3,(H,20,22). The Labute approximate surface area is 140 Å². The molecule has 2 aromatic rings. The van der Waals surface area contributed by atoms with E-state index in [0.29, 0.717) is 21.8 Å². The van der Waals surface area contributed by atoms with E-state index in [1.54, 1.807) is 57.2 Å². The third-order valence-electron chi connectivity index (χ3n) is 2.90. The number of hydrogen-bond donors (Lipinski definition) is 1. The summed E-state index contributed by atoms with van der Waals surface area (Å²) >= 11 is 6.00. The number of halogens is 1.